The van der Waals surface area contributed by atoms with Crippen LogP contribution in [0.25, 0.3) is 0 Å². The molecule has 2 bridgehead atoms. The summed E-state index contributed by atoms with van der Waals surface area (Å²) in [4.78, 5) is 11.4. The van der Waals surface area contributed by atoms with Crippen molar-refractivity contribution in [3.05, 3.63) is 0 Å². The van der Waals surface area contributed by atoms with Gasteiger partial charge in [0, 0.05) is 17.6 Å². The summed E-state index contributed by atoms with van der Waals surface area (Å²) in [6.45, 7) is 0. The Hall–Kier alpha value is 0.0200. The van der Waals surface area contributed by atoms with E-state index in [1.807, 2.05) is 11.8 Å². The highest BCUT2D eigenvalue weighted by Crippen LogP contribution is 2.48. The van der Waals surface area contributed by atoms with Crippen molar-refractivity contribution >= 4 is 17.5 Å². The van der Waals surface area contributed by atoms with E-state index in [2.05, 4.69) is 6.26 Å². The van der Waals surface area contributed by atoms with Crippen LogP contribution in [0.3, 0.4) is 0 Å². The summed E-state index contributed by atoms with van der Waals surface area (Å²) in [6, 6.07) is 0. The predicted molar refractivity (Wildman–Crippen MR) is 52.4 cm³/mol. The Balaban J connectivity index is 2.15. The van der Waals surface area contributed by atoms with Crippen molar-refractivity contribution in [1.29, 1.82) is 0 Å². The minimum atomic E-state index is 0.359. The molecule has 2 fully saturated rings. The van der Waals surface area contributed by atoms with Gasteiger partial charge in [-0.1, -0.05) is 6.42 Å². The number of carbonyl (C=O) groups is 1. The van der Waals surface area contributed by atoms with E-state index in [-0.39, 0.29) is 0 Å². The van der Waals surface area contributed by atoms with Gasteiger partial charge >= 0.3 is 0 Å². The zero-order valence-electron chi connectivity index (χ0n) is 7.64. The monoisotopic (exact) mass is 184 g/mol. The van der Waals surface area contributed by atoms with Gasteiger partial charge in [-0.2, -0.15) is 11.8 Å². The van der Waals surface area contributed by atoms with E-state index >= 15 is 0 Å². The van der Waals surface area contributed by atoms with Crippen molar-refractivity contribution in [1.82, 2.24) is 0 Å². The van der Waals surface area contributed by atoms with Crippen LogP contribution in [0.4, 0.5) is 0 Å². The van der Waals surface area contributed by atoms with Crippen molar-refractivity contribution in [3.63, 3.8) is 0 Å². The highest BCUT2D eigenvalue weighted by Gasteiger charge is 2.41. The standard InChI is InChI=1S/C10H16OS/c1-12-10-4-2-3-8(6-10)5-9(11)7-10/h8H,2-7H2,1H3. The van der Waals surface area contributed by atoms with Crippen molar-refractivity contribution < 1.29 is 4.79 Å². The minimum absolute atomic E-state index is 0.359. The predicted octanol–water partition coefficient (Wildman–Crippen LogP) is 2.64. The summed E-state index contributed by atoms with van der Waals surface area (Å²) in [6.07, 6.45) is 9.12. The van der Waals surface area contributed by atoms with Gasteiger partial charge in [-0.3, -0.25) is 4.79 Å². The molecule has 0 heterocycles. The molecule has 2 heteroatoms. The van der Waals surface area contributed by atoms with Gasteiger partial charge in [0.2, 0.25) is 0 Å². The van der Waals surface area contributed by atoms with Crippen LogP contribution in [-0.4, -0.2) is 16.8 Å². The van der Waals surface area contributed by atoms with Gasteiger partial charge < -0.3 is 0 Å². The molecule has 2 saturated carbocycles. The lowest BCUT2D eigenvalue weighted by Gasteiger charge is -2.43. The van der Waals surface area contributed by atoms with E-state index in [9.17, 15) is 4.79 Å². The molecule has 2 atom stereocenters. The number of hydrogen-bond donors (Lipinski definition) is 0. The van der Waals surface area contributed by atoms with Gasteiger partial charge in [0.05, 0.1) is 0 Å². The zero-order chi connectivity index (χ0) is 8.60. The number of thioether (sulfide) groups is 1. The normalized spacial score (nSPS) is 41.4. The third kappa shape index (κ3) is 1.41. The van der Waals surface area contributed by atoms with Gasteiger partial charge in [-0.25, -0.2) is 0 Å². The van der Waals surface area contributed by atoms with Crippen LogP contribution in [-0.2, 0) is 4.79 Å². The van der Waals surface area contributed by atoms with Crippen molar-refractivity contribution in [2.75, 3.05) is 6.26 Å². The molecule has 0 aromatic rings. The Bertz CT molecular complexity index is 202. The van der Waals surface area contributed by atoms with E-state index in [4.69, 9.17) is 0 Å². The lowest BCUT2D eigenvalue weighted by atomic mass is 9.71. The molecular formula is C10H16OS. The maximum absolute atomic E-state index is 11.4. The SMILES string of the molecule is CSC12CCCC(CC(=O)C1)C2. The van der Waals surface area contributed by atoms with E-state index in [1.54, 1.807) is 0 Å². The Labute approximate surface area is 78.3 Å². The molecule has 0 aromatic carbocycles. The second kappa shape index (κ2) is 3.06. The highest BCUT2D eigenvalue weighted by molar-refractivity contribution is 8.00. The summed E-state index contributed by atoms with van der Waals surface area (Å²) < 4.78 is 0.359. The molecule has 0 amide bonds. The van der Waals surface area contributed by atoms with Crippen molar-refractivity contribution in [3.8, 4) is 0 Å². The lowest BCUT2D eigenvalue weighted by Crippen LogP contribution is -2.39. The Kier molecular flexibility index (Phi) is 2.19. The molecule has 68 valence electrons. The summed E-state index contributed by atoms with van der Waals surface area (Å²) in [5.41, 5.74) is 0. The molecule has 2 rings (SSSR count). The van der Waals surface area contributed by atoms with Gasteiger partial charge in [0.25, 0.3) is 0 Å². The molecular weight excluding hydrogens is 168 g/mol. The first-order valence-electron chi connectivity index (χ1n) is 4.81. The van der Waals surface area contributed by atoms with Crippen molar-refractivity contribution in [2.24, 2.45) is 5.92 Å². The first-order chi connectivity index (χ1) is 5.74. The first kappa shape index (κ1) is 8.61. The Morgan fingerprint density at radius 1 is 1.58 bits per heavy atom. The number of Topliss-reactive ketones (excluding diaryl/α,β-unsaturated/α-hetero) is 1. The minimum Gasteiger partial charge on any atom is -0.300 e. The molecule has 0 aromatic heterocycles. The second-order valence-electron chi connectivity index (χ2n) is 4.27. The van der Waals surface area contributed by atoms with Gasteiger partial charge in [0.15, 0.2) is 0 Å². The van der Waals surface area contributed by atoms with E-state index in [0.29, 0.717) is 10.5 Å². The molecule has 0 N–H and O–H groups in total. The number of rotatable bonds is 1. The third-order valence-corrected chi connectivity index (χ3v) is 4.76. The maximum Gasteiger partial charge on any atom is 0.134 e. The van der Waals surface area contributed by atoms with Crippen LogP contribution in [0.5, 0.6) is 0 Å². The molecule has 12 heavy (non-hydrogen) atoms. The average molecular weight is 184 g/mol. The topological polar surface area (TPSA) is 17.1 Å². The fraction of sp³-hybridized carbons (Fsp3) is 0.900. The summed E-state index contributed by atoms with van der Waals surface area (Å²) in [7, 11) is 0. The smallest absolute Gasteiger partial charge is 0.134 e. The van der Waals surface area contributed by atoms with Gasteiger partial charge in [-0.15, -0.1) is 0 Å². The molecule has 1 nitrogen and oxygen atoms in total. The van der Waals surface area contributed by atoms with Crippen LogP contribution in [0.1, 0.15) is 38.5 Å². The van der Waals surface area contributed by atoms with E-state index < -0.39 is 0 Å². The molecule has 0 saturated heterocycles. The first-order valence-corrected chi connectivity index (χ1v) is 6.03. The van der Waals surface area contributed by atoms with E-state index in [1.165, 1.54) is 25.7 Å². The van der Waals surface area contributed by atoms with Crippen LogP contribution < -0.4 is 0 Å². The van der Waals surface area contributed by atoms with Crippen LogP contribution >= 0.6 is 11.8 Å². The summed E-state index contributed by atoms with van der Waals surface area (Å²) in [5.74, 6) is 1.24. The van der Waals surface area contributed by atoms with E-state index in [0.717, 1.165) is 18.8 Å². The third-order valence-electron chi connectivity index (χ3n) is 3.37. The number of ketones is 1. The van der Waals surface area contributed by atoms with Gasteiger partial charge in [0.1, 0.15) is 5.78 Å². The fourth-order valence-electron chi connectivity index (χ4n) is 2.79. The molecule has 0 spiro atoms. The Morgan fingerprint density at radius 2 is 2.42 bits per heavy atom. The van der Waals surface area contributed by atoms with Crippen LogP contribution in [0.15, 0.2) is 0 Å². The molecule has 0 aliphatic heterocycles. The Morgan fingerprint density at radius 3 is 3.17 bits per heavy atom. The maximum atomic E-state index is 11.4. The van der Waals surface area contributed by atoms with Crippen molar-refractivity contribution in [2.45, 2.75) is 43.3 Å². The number of carbonyl (C=O) groups excluding carboxylic acids is 1. The fourth-order valence-corrected chi connectivity index (χ4v) is 3.85. The largest absolute Gasteiger partial charge is 0.300 e. The molecule has 0 radical (unpaired) electrons. The summed E-state index contributed by atoms with van der Waals surface area (Å²) >= 11 is 1.93. The zero-order valence-corrected chi connectivity index (χ0v) is 8.45. The number of fused-ring (bicyclic) bond motifs is 2. The number of hydrogen-bond acceptors (Lipinski definition) is 2. The van der Waals surface area contributed by atoms with Crippen LogP contribution in [0.2, 0.25) is 0 Å². The lowest BCUT2D eigenvalue weighted by molar-refractivity contribution is -0.123. The van der Waals surface area contributed by atoms with Gasteiger partial charge in [-0.05, 0) is 31.4 Å². The highest BCUT2D eigenvalue weighted by atomic mass is 32.2. The van der Waals surface area contributed by atoms with Crippen LogP contribution in [0, 0.1) is 5.92 Å². The second-order valence-corrected chi connectivity index (χ2v) is 5.54. The average Bonchev–Trinajstić information content (AvgIpc) is 2.03. The molecule has 2 unspecified atom stereocenters. The molecule has 2 aliphatic rings. The molecule has 2 aliphatic carbocycles. The quantitative estimate of drug-likeness (QED) is 0.623. The summed E-state index contributed by atoms with van der Waals surface area (Å²) in [5, 5.41) is 0.